The van der Waals surface area contributed by atoms with Crippen molar-refractivity contribution in [3.05, 3.63) is 82.2 Å². The van der Waals surface area contributed by atoms with Crippen LogP contribution in [0.5, 0.6) is 17.2 Å². The number of rotatable bonds is 6. The van der Waals surface area contributed by atoms with Gasteiger partial charge >= 0.3 is 6.18 Å². The van der Waals surface area contributed by atoms with E-state index in [1.165, 1.54) is 18.2 Å². The fraction of sp³-hybridized carbons (Fsp3) is 0.308. The lowest BCUT2D eigenvalue weighted by Gasteiger charge is -2.29. The molecule has 3 aromatic rings. The monoisotopic (exact) mass is 578 g/mol. The molecule has 5 rings (SSSR count). The first-order valence-corrected chi connectivity index (χ1v) is 12.4. The average Bonchev–Trinajstić information content (AvgIpc) is 3.43. The Bertz CT molecular complexity index is 1360. The molecule has 0 spiro atoms. The molecule has 208 valence electrons. The minimum atomic E-state index is -4.57. The maximum atomic E-state index is 13.9. The van der Waals surface area contributed by atoms with Crippen molar-refractivity contribution in [2.45, 2.75) is 35.9 Å². The van der Waals surface area contributed by atoms with Gasteiger partial charge in [-0.05, 0) is 30.7 Å². The van der Waals surface area contributed by atoms with E-state index in [9.17, 15) is 35.1 Å². The molecule has 0 bridgehead atoms. The second-order valence-corrected chi connectivity index (χ2v) is 9.61. The summed E-state index contributed by atoms with van der Waals surface area (Å²) in [6, 6.07) is 7.79. The van der Waals surface area contributed by atoms with Crippen molar-refractivity contribution in [3.63, 3.8) is 0 Å². The van der Waals surface area contributed by atoms with Gasteiger partial charge in [-0.3, -0.25) is 0 Å². The predicted molar refractivity (Wildman–Crippen MR) is 122 cm³/mol. The third kappa shape index (κ3) is 5.46. The van der Waals surface area contributed by atoms with Gasteiger partial charge in [0.05, 0.1) is 42.3 Å². The normalized spacial score (nSPS) is 19.0. The van der Waals surface area contributed by atoms with Gasteiger partial charge in [-0.2, -0.15) is 22.0 Å². The zero-order valence-electron chi connectivity index (χ0n) is 19.7. The Hall–Kier alpha value is -3.19. The molecule has 2 heterocycles. The highest BCUT2D eigenvalue weighted by atomic mass is 32.2. The zero-order chi connectivity index (χ0) is 27.9. The number of fused-ring (bicyclic) bond motifs is 1. The van der Waals surface area contributed by atoms with Crippen LogP contribution in [0.25, 0.3) is 0 Å². The van der Waals surface area contributed by atoms with Crippen LogP contribution in [0.2, 0.25) is 0 Å². The van der Waals surface area contributed by atoms with E-state index in [-0.39, 0.29) is 23.9 Å². The molecule has 39 heavy (non-hydrogen) atoms. The summed E-state index contributed by atoms with van der Waals surface area (Å²) in [5.41, 5.74) is 0.260. The number of hydrogen-bond acceptors (Lipinski definition) is 5. The number of halogens is 8. The van der Waals surface area contributed by atoms with Crippen LogP contribution in [0.1, 0.15) is 35.4 Å². The van der Waals surface area contributed by atoms with E-state index in [1.54, 1.807) is 6.07 Å². The van der Waals surface area contributed by atoms with Crippen LogP contribution >= 0.6 is 12.0 Å². The summed E-state index contributed by atoms with van der Waals surface area (Å²) in [6.45, 7) is 0.882. The van der Waals surface area contributed by atoms with Gasteiger partial charge in [0, 0.05) is 23.5 Å². The molecule has 0 aromatic heterocycles. The van der Waals surface area contributed by atoms with E-state index < -0.39 is 58.6 Å². The topological polar surface area (TPSA) is 36.9 Å². The smallest absolute Gasteiger partial charge is 0.416 e. The first-order chi connectivity index (χ1) is 18.5. The van der Waals surface area contributed by atoms with Gasteiger partial charge in [0.1, 0.15) is 17.6 Å². The lowest BCUT2D eigenvalue weighted by molar-refractivity contribution is -0.137. The van der Waals surface area contributed by atoms with Gasteiger partial charge < -0.3 is 18.4 Å². The van der Waals surface area contributed by atoms with E-state index in [1.807, 2.05) is 0 Å². The Balaban J connectivity index is 1.43. The second kappa shape index (κ2) is 10.8. The number of benzene rings is 3. The number of hydrogen-bond donors (Lipinski definition) is 0. The van der Waals surface area contributed by atoms with E-state index in [2.05, 4.69) is 0 Å². The highest BCUT2D eigenvalue weighted by Crippen LogP contribution is 2.45. The summed E-state index contributed by atoms with van der Waals surface area (Å²) in [4.78, 5) is 0.213. The van der Waals surface area contributed by atoms with Crippen molar-refractivity contribution in [1.29, 1.82) is 0 Å². The van der Waals surface area contributed by atoms with Crippen molar-refractivity contribution in [2.24, 2.45) is 0 Å². The lowest BCUT2D eigenvalue weighted by Crippen LogP contribution is -2.20. The van der Waals surface area contributed by atoms with Crippen molar-refractivity contribution in [2.75, 3.05) is 19.8 Å². The van der Waals surface area contributed by atoms with E-state index >= 15 is 0 Å². The first kappa shape index (κ1) is 27.4. The molecule has 4 nitrogen and oxygen atoms in total. The maximum Gasteiger partial charge on any atom is 0.416 e. The van der Waals surface area contributed by atoms with Gasteiger partial charge in [-0.15, -0.1) is 0 Å². The van der Waals surface area contributed by atoms with E-state index in [4.69, 9.17) is 18.4 Å². The molecule has 1 fully saturated rings. The third-order valence-electron chi connectivity index (χ3n) is 6.31. The van der Waals surface area contributed by atoms with Gasteiger partial charge in [0.2, 0.25) is 34.8 Å². The molecule has 0 aliphatic carbocycles. The SMILES string of the molecule is Fc1c(F)c(F)c(OSc2ccc3c(c2)OCCC3c2ccc(C(F)(F)F)cc2OC2CCOC2)c(F)c1F. The fourth-order valence-corrected chi connectivity index (χ4v) is 4.98. The molecule has 0 radical (unpaired) electrons. The molecule has 13 heteroatoms. The first-order valence-electron chi connectivity index (χ1n) is 11.6. The molecule has 2 atom stereocenters. The molecule has 0 amide bonds. The van der Waals surface area contributed by atoms with Gasteiger partial charge in [-0.1, -0.05) is 12.1 Å². The van der Waals surface area contributed by atoms with Crippen LogP contribution in [0, 0.1) is 29.1 Å². The average molecular weight is 578 g/mol. The molecule has 0 N–H and O–H groups in total. The Morgan fingerprint density at radius 2 is 1.49 bits per heavy atom. The van der Waals surface area contributed by atoms with Crippen LogP contribution in [-0.2, 0) is 10.9 Å². The molecule has 3 aromatic carbocycles. The van der Waals surface area contributed by atoms with Gasteiger partial charge in [0.25, 0.3) is 0 Å². The standard InChI is InChI=1S/C26H18F8O4S/c27-20-21(28)23(30)25(24(31)22(20)29)38-39-14-2-4-16-15(6-8-36-18(16)10-14)17-3-1-12(26(32,33)34)9-19(17)37-13-5-7-35-11-13/h1-4,9-10,13,15H,5-8,11H2. The zero-order valence-corrected chi connectivity index (χ0v) is 20.5. The van der Waals surface area contributed by atoms with Crippen molar-refractivity contribution in [3.8, 4) is 17.2 Å². The number of alkyl halides is 3. The van der Waals surface area contributed by atoms with Crippen LogP contribution in [0.3, 0.4) is 0 Å². The maximum absolute atomic E-state index is 13.9. The van der Waals surface area contributed by atoms with Crippen molar-refractivity contribution >= 4 is 12.0 Å². The Morgan fingerprint density at radius 1 is 0.795 bits per heavy atom. The van der Waals surface area contributed by atoms with E-state index in [0.29, 0.717) is 48.4 Å². The molecule has 2 aliphatic rings. The summed E-state index contributed by atoms with van der Waals surface area (Å²) in [7, 11) is 0. The quantitative estimate of drug-likeness (QED) is 0.131. The molecule has 2 unspecified atom stereocenters. The summed E-state index contributed by atoms with van der Waals surface area (Å²) >= 11 is 0.345. The molecule has 1 saturated heterocycles. The molecule has 2 aliphatic heterocycles. The lowest BCUT2D eigenvalue weighted by atomic mass is 9.85. The third-order valence-corrected chi connectivity index (χ3v) is 7.01. The number of ether oxygens (including phenoxy) is 3. The highest BCUT2D eigenvalue weighted by Gasteiger charge is 2.34. The summed E-state index contributed by atoms with van der Waals surface area (Å²) in [6.07, 6.45) is -4.02. The van der Waals surface area contributed by atoms with Crippen molar-refractivity contribution in [1.82, 2.24) is 0 Å². The van der Waals surface area contributed by atoms with E-state index in [0.717, 1.165) is 12.1 Å². The van der Waals surface area contributed by atoms with Gasteiger partial charge in [-0.25, -0.2) is 13.2 Å². The van der Waals surface area contributed by atoms with Crippen LogP contribution in [0.4, 0.5) is 35.1 Å². The summed E-state index contributed by atoms with van der Waals surface area (Å²) < 4.78 is 130. The molecular weight excluding hydrogens is 560 g/mol. The second-order valence-electron chi connectivity index (χ2n) is 8.81. The van der Waals surface area contributed by atoms with Crippen LogP contribution in [0.15, 0.2) is 41.3 Å². The Labute approximate surface area is 221 Å². The fourth-order valence-electron chi connectivity index (χ4n) is 4.38. The minimum Gasteiger partial charge on any atom is -0.493 e. The Morgan fingerprint density at radius 3 is 2.15 bits per heavy atom. The van der Waals surface area contributed by atoms with Crippen molar-refractivity contribution < 1.29 is 53.5 Å². The Kier molecular flexibility index (Phi) is 7.55. The highest BCUT2D eigenvalue weighted by molar-refractivity contribution is 7.95. The minimum absolute atomic E-state index is 0.0753. The van der Waals surface area contributed by atoms with Gasteiger partial charge in [0.15, 0.2) is 0 Å². The predicted octanol–water partition coefficient (Wildman–Crippen LogP) is 7.57. The molecular formula is C26H18F8O4S. The summed E-state index contributed by atoms with van der Waals surface area (Å²) in [5.74, 6) is -12.3. The summed E-state index contributed by atoms with van der Waals surface area (Å²) in [5, 5.41) is 0. The van der Waals surface area contributed by atoms with Crippen LogP contribution < -0.4 is 13.7 Å². The molecule has 0 saturated carbocycles. The largest absolute Gasteiger partial charge is 0.493 e. The van der Waals surface area contributed by atoms with Crippen LogP contribution in [-0.4, -0.2) is 25.9 Å².